The second-order valence-corrected chi connectivity index (χ2v) is 5.36. The third-order valence-corrected chi connectivity index (χ3v) is 3.32. The van der Waals surface area contributed by atoms with Gasteiger partial charge in [0.2, 0.25) is 5.95 Å². The summed E-state index contributed by atoms with van der Waals surface area (Å²) in [5.74, 6) is 2.51. The number of nitrogens with two attached hydrogens (primary N) is 1. The molecule has 4 heteroatoms. The van der Waals surface area contributed by atoms with Crippen LogP contribution in [0.15, 0.2) is 6.07 Å². The molecular weight excluding hydrogens is 212 g/mol. The zero-order chi connectivity index (χ0) is 12.4. The number of piperidine rings is 1. The Labute approximate surface area is 103 Å². The van der Waals surface area contributed by atoms with Crippen LogP contribution in [-0.4, -0.2) is 23.1 Å². The van der Waals surface area contributed by atoms with Crippen LogP contribution in [0.3, 0.4) is 0 Å². The van der Waals surface area contributed by atoms with Crippen molar-refractivity contribution in [1.82, 2.24) is 9.97 Å². The van der Waals surface area contributed by atoms with E-state index in [1.54, 1.807) is 0 Å². The number of aromatic nitrogens is 2. The summed E-state index contributed by atoms with van der Waals surface area (Å²) in [6.45, 7) is 8.71. The van der Waals surface area contributed by atoms with Gasteiger partial charge in [-0.05, 0) is 24.7 Å². The van der Waals surface area contributed by atoms with Gasteiger partial charge >= 0.3 is 0 Å². The molecule has 1 aliphatic rings. The smallest absolute Gasteiger partial charge is 0.222 e. The van der Waals surface area contributed by atoms with Gasteiger partial charge in [-0.15, -0.1) is 0 Å². The van der Waals surface area contributed by atoms with E-state index < -0.39 is 0 Å². The molecule has 17 heavy (non-hydrogen) atoms. The lowest BCUT2D eigenvalue weighted by Gasteiger charge is -2.32. The normalized spacial score (nSPS) is 20.9. The molecule has 1 saturated heterocycles. The maximum Gasteiger partial charge on any atom is 0.222 e. The second-order valence-electron chi connectivity index (χ2n) is 5.36. The first-order valence-corrected chi connectivity index (χ1v) is 6.45. The van der Waals surface area contributed by atoms with Gasteiger partial charge in [0.05, 0.1) is 5.69 Å². The molecule has 2 N–H and O–H groups in total. The summed E-state index contributed by atoms with van der Waals surface area (Å²) in [6.07, 6.45) is 2.55. The molecule has 0 spiro atoms. The number of nitrogen functional groups attached to an aromatic ring is 1. The van der Waals surface area contributed by atoms with Crippen molar-refractivity contribution in [1.29, 1.82) is 0 Å². The molecule has 1 aliphatic heterocycles. The van der Waals surface area contributed by atoms with Gasteiger partial charge in [0.25, 0.3) is 0 Å². The minimum Gasteiger partial charge on any atom is -0.368 e. The fraction of sp³-hybridized carbons (Fsp3) is 0.692. The second kappa shape index (κ2) is 4.90. The summed E-state index contributed by atoms with van der Waals surface area (Å²) in [4.78, 5) is 11.0. The standard InChI is InChI=1S/C13H22N4/c1-9(2)11-7-12(16-13(14)15-11)17-6-4-5-10(3)8-17/h7,9-10H,4-6,8H2,1-3H3,(H2,14,15,16). The first-order valence-electron chi connectivity index (χ1n) is 6.45. The predicted molar refractivity (Wildman–Crippen MR) is 71.1 cm³/mol. The molecule has 1 aromatic rings. The highest BCUT2D eigenvalue weighted by atomic mass is 15.2. The summed E-state index contributed by atoms with van der Waals surface area (Å²) in [7, 11) is 0. The highest BCUT2D eigenvalue weighted by Gasteiger charge is 2.19. The first-order chi connectivity index (χ1) is 8.06. The van der Waals surface area contributed by atoms with E-state index >= 15 is 0 Å². The Morgan fingerprint density at radius 1 is 1.41 bits per heavy atom. The van der Waals surface area contributed by atoms with Crippen molar-refractivity contribution in [3.63, 3.8) is 0 Å². The lowest BCUT2D eigenvalue weighted by atomic mass is 10.0. The van der Waals surface area contributed by atoms with E-state index in [9.17, 15) is 0 Å². The lowest BCUT2D eigenvalue weighted by molar-refractivity contribution is 0.444. The number of rotatable bonds is 2. The van der Waals surface area contributed by atoms with Gasteiger partial charge in [-0.1, -0.05) is 20.8 Å². The summed E-state index contributed by atoms with van der Waals surface area (Å²) >= 11 is 0. The fourth-order valence-corrected chi connectivity index (χ4v) is 2.33. The van der Waals surface area contributed by atoms with Crippen molar-refractivity contribution in [2.75, 3.05) is 23.7 Å². The monoisotopic (exact) mass is 234 g/mol. The molecule has 1 fully saturated rings. The highest BCUT2D eigenvalue weighted by molar-refractivity contribution is 5.44. The van der Waals surface area contributed by atoms with E-state index in [0.717, 1.165) is 30.5 Å². The SMILES string of the molecule is CC1CCCN(c2cc(C(C)C)nc(N)n2)C1. The van der Waals surface area contributed by atoms with E-state index in [0.29, 0.717) is 11.9 Å². The Morgan fingerprint density at radius 3 is 2.82 bits per heavy atom. The van der Waals surface area contributed by atoms with Crippen LogP contribution in [0.5, 0.6) is 0 Å². The van der Waals surface area contributed by atoms with E-state index in [-0.39, 0.29) is 0 Å². The van der Waals surface area contributed by atoms with Gasteiger partial charge < -0.3 is 10.6 Å². The minimum atomic E-state index is 0.390. The largest absolute Gasteiger partial charge is 0.368 e. The molecule has 0 bridgehead atoms. The molecule has 94 valence electrons. The molecule has 4 nitrogen and oxygen atoms in total. The Hall–Kier alpha value is -1.32. The van der Waals surface area contributed by atoms with Crippen molar-refractivity contribution in [2.24, 2.45) is 5.92 Å². The topological polar surface area (TPSA) is 55.0 Å². The van der Waals surface area contributed by atoms with Crippen LogP contribution < -0.4 is 10.6 Å². The quantitative estimate of drug-likeness (QED) is 0.853. The predicted octanol–water partition coefficient (Wildman–Crippen LogP) is 2.42. The van der Waals surface area contributed by atoms with Gasteiger partial charge in [0.15, 0.2) is 0 Å². The molecule has 2 heterocycles. The van der Waals surface area contributed by atoms with Crippen LogP contribution in [-0.2, 0) is 0 Å². The minimum absolute atomic E-state index is 0.390. The zero-order valence-electron chi connectivity index (χ0n) is 11.0. The van der Waals surface area contributed by atoms with Crippen LogP contribution in [0.2, 0.25) is 0 Å². The first kappa shape index (κ1) is 12.1. The number of hydrogen-bond donors (Lipinski definition) is 1. The lowest BCUT2D eigenvalue weighted by Crippen LogP contribution is -2.35. The number of nitrogens with zero attached hydrogens (tertiary/aromatic N) is 3. The van der Waals surface area contributed by atoms with Crippen molar-refractivity contribution >= 4 is 11.8 Å². The van der Waals surface area contributed by atoms with E-state index in [1.165, 1.54) is 12.8 Å². The number of hydrogen-bond acceptors (Lipinski definition) is 4. The Morgan fingerprint density at radius 2 is 2.18 bits per heavy atom. The van der Waals surface area contributed by atoms with Crippen LogP contribution >= 0.6 is 0 Å². The zero-order valence-corrected chi connectivity index (χ0v) is 11.0. The Balaban J connectivity index is 2.25. The molecular formula is C13H22N4. The summed E-state index contributed by atoms with van der Waals surface area (Å²) in [5, 5.41) is 0. The molecule has 2 rings (SSSR count). The van der Waals surface area contributed by atoms with Gasteiger partial charge in [-0.25, -0.2) is 4.98 Å². The maximum atomic E-state index is 5.79. The van der Waals surface area contributed by atoms with Gasteiger partial charge in [-0.2, -0.15) is 4.98 Å². The van der Waals surface area contributed by atoms with E-state index in [1.807, 2.05) is 0 Å². The average molecular weight is 234 g/mol. The summed E-state index contributed by atoms with van der Waals surface area (Å²) in [5.41, 5.74) is 6.82. The highest BCUT2D eigenvalue weighted by Crippen LogP contribution is 2.24. The number of anilines is 2. The molecule has 0 aromatic carbocycles. The van der Waals surface area contributed by atoms with E-state index in [4.69, 9.17) is 5.73 Å². The summed E-state index contributed by atoms with van der Waals surface area (Å²) in [6, 6.07) is 2.08. The van der Waals surface area contributed by atoms with Gasteiger partial charge in [-0.3, -0.25) is 0 Å². The van der Waals surface area contributed by atoms with Crippen LogP contribution in [0.4, 0.5) is 11.8 Å². The fourth-order valence-electron chi connectivity index (χ4n) is 2.33. The molecule has 0 radical (unpaired) electrons. The third kappa shape index (κ3) is 2.87. The molecule has 0 saturated carbocycles. The Kier molecular flexibility index (Phi) is 3.50. The van der Waals surface area contributed by atoms with Crippen LogP contribution in [0.1, 0.15) is 45.2 Å². The molecule has 1 atom stereocenters. The van der Waals surface area contributed by atoms with Gasteiger partial charge in [0, 0.05) is 19.2 Å². The van der Waals surface area contributed by atoms with Crippen molar-refractivity contribution in [2.45, 2.75) is 39.5 Å². The molecule has 0 amide bonds. The average Bonchev–Trinajstić information content (AvgIpc) is 2.28. The van der Waals surface area contributed by atoms with Crippen molar-refractivity contribution in [3.05, 3.63) is 11.8 Å². The maximum absolute atomic E-state index is 5.79. The van der Waals surface area contributed by atoms with Crippen LogP contribution in [0.25, 0.3) is 0 Å². The molecule has 1 aromatic heterocycles. The molecule has 1 unspecified atom stereocenters. The molecule has 0 aliphatic carbocycles. The third-order valence-electron chi connectivity index (χ3n) is 3.32. The van der Waals surface area contributed by atoms with Gasteiger partial charge in [0.1, 0.15) is 5.82 Å². The van der Waals surface area contributed by atoms with Crippen molar-refractivity contribution in [3.8, 4) is 0 Å². The van der Waals surface area contributed by atoms with E-state index in [2.05, 4.69) is 41.7 Å². The summed E-state index contributed by atoms with van der Waals surface area (Å²) < 4.78 is 0. The van der Waals surface area contributed by atoms with Crippen LogP contribution in [0, 0.1) is 5.92 Å². The van der Waals surface area contributed by atoms with Crippen molar-refractivity contribution < 1.29 is 0 Å². The Bertz CT molecular complexity index is 389.